The zero-order valence-electron chi connectivity index (χ0n) is 6.79. The molecular weight excluding hydrogens is 231 g/mol. The van der Waals surface area contributed by atoms with Gasteiger partial charge in [0.1, 0.15) is 12.4 Å². The van der Waals surface area contributed by atoms with Crippen LogP contribution in [0.5, 0.6) is 0 Å². The molecular formula is C6H6Cl2N4O2. The van der Waals surface area contributed by atoms with Crippen LogP contribution in [0.3, 0.4) is 0 Å². The van der Waals surface area contributed by atoms with Crippen LogP contribution in [0.25, 0.3) is 0 Å². The molecule has 1 heterocycles. The van der Waals surface area contributed by atoms with Gasteiger partial charge in [0.2, 0.25) is 12.4 Å². The van der Waals surface area contributed by atoms with Crippen LogP contribution in [0.1, 0.15) is 0 Å². The van der Waals surface area contributed by atoms with Gasteiger partial charge >= 0.3 is 0 Å². The summed E-state index contributed by atoms with van der Waals surface area (Å²) in [6.07, 6.45) is 0.404. The van der Waals surface area contributed by atoms with Crippen LogP contribution in [0.2, 0.25) is 10.3 Å². The van der Waals surface area contributed by atoms with Crippen molar-refractivity contribution in [3.05, 3.63) is 10.3 Å². The molecule has 0 radical (unpaired) electrons. The number of anilines is 2. The van der Waals surface area contributed by atoms with E-state index in [0.717, 1.165) is 0 Å². The summed E-state index contributed by atoms with van der Waals surface area (Å²) in [7, 11) is 0. The van der Waals surface area contributed by atoms with Crippen molar-refractivity contribution in [2.24, 2.45) is 0 Å². The van der Waals surface area contributed by atoms with Crippen LogP contribution < -0.4 is 10.6 Å². The SMILES string of the molecule is O=CNc1nc(Cl)c(NCO)c(Cl)n1. The van der Waals surface area contributed by atoms with Crippen molar-refractivity contribution in [3.8, 4) is 0 Å². The Bertz CT molecular complexity index is 324. The lowest BCUT2D eigenvalue weighted by molar-refractivity contribution is -0.105. The average molecular weight is 237 g/mol. The normalized spacial score (nSPS) is 9.64. The minimum Gasteiger partial charge on any atom is -0.377 e. The highest BCUT2D eigenvalue weighted by Crippen LogP contribution is 2.27. The number of halogens is 2. The molecule has 0 bridgehead atoms. The first-order valence-corrected chi connectivity index (χ1v) is 4.22. The Labute approximate surface area is 89.3 Å². The van der Waals surface area contributed by atoms with Crippen LogP contribution in [0, 0.1) is 0 Å². The van der Waals surface area contributed by atoms with E-state index in [1.807, 2.05) is 0 Å². The van der Waals surface area contributed by atoms with Gasteiger partial charge in [-0.2, -0.15) is 9.97 Å². The summed E-state index contributed by atoms with van der Waals surface area (Å²) in [6.45, 7) is -0.344. The van der Waals surface area contributed by atoms with Gasteiger partial charge < -0.3 is 10.4 Å². The predicted molar refractivity (Wildman–Crippen MR) is 52.4 cm³/mol. The number of aliphatic hydroxyl groups is 1. The number of hydrogen-bond acceptors (Lipinski definition) is 5. The third kappa shape index (κ3) is 2.44. The lowest BCUT2D eigenvalue weighted by atomic mass is 10.5. The van der Waals surface area contributed by atoms with Gasteiger partial charge in [-0.3, -0.25) is 10.1 Å². The van der Waals surface area contributed by atoms with Crippen molar-refractivity contribution in [2.75, 3.05) is 17.4 Å². The maximum atomic E-state index is 10.1. The van der Waals surface area contributed by atoms with Crippen molar-refractivity contribution >= 4 is 41.2 Å². The first-order valence-electron chi connectivity index (χ1n) is 3.47. The Morgan fingerprint density at radius 3 is 2.36 bits per heavy atom. The zero-order chi connectivity index (χ0) is 10.6. The van der Waals surface area contributed by atoms with Crippen molar-refractivity contribution in [2.45, 2.75) is 0 Å². The molecule has 1 aromatic rings. The minimum atomic E-state index is -0.344. The number of carbonyl (C=O) groups excluding carboxylic acids is 1. The van der Waals surface area contributed by atoms with Crippen LogP contribution in [-0.2, 0) is 4.79 Å². The molecule has 3 N–H and O–H groups in total. The molecule has 0 aliphatic heterocycles. The van der Waals surface area contributed by atoms with E-state index in [1.54, 1.807) is 0 Å². The Morgan fingerprint density at radius 2 is 1.93 bits per heavy atom. The van der Waals surface area contributed by atoms with E-state index in [1.165, 1.54) is 0 Å². The Balaban J connectivity index is 3.04. The summed E-state index contributed by atoms with van der Waals surface area (Å²) in [5, 5.41) is 13.3. The molecule has 0 unspecified atom stereocenters. The van der Waals surface area contributed by atoms with Crippen molar-refractivity contribution in [1.82, 2.24) is 9.97 Å². The van der Waals surface area contributed by atoms with E-state index < -0.39 is 0 Å². The average Bonchev–Trinajstić information content (AvgIpc) is 2.12. The Kier molecular flexibility index (Phi) is 3.87. The first kappa shape index (κ1) is 11.0. The second-order valence-corrected chi connectivity index (χ2v) is 2.82. The zero-order valence-corrected chi connectivity index (χ0v) is 8.30. The lowest BCUT2D eigenvalue weighted by Gasteiger charge is -2.07. The molecule has 1 amide bonds. The number of aromatic nitrogens is 2. The highest BCUT2D eigenvalue weighted by Gasteiger charge is 2.10. The fraction of sp³-hybridized carbons (Fsp3) is 0.167. The number of hydrogen-bond donors (Lipinski definition) is 3. The molecule has 0 saturated heterocycles. The third-order valence-corrected chi connectivity index (χ3v) is 1.81. The monoisotopic (exact) mass is 236 g/mol. The summed E-state index contributed by atoms with van der Waals surface area (Å²) >= 11 is 11.4. The van der Waals surface area contributed by atoms with Crippen LogP contribution in [-0.4, -0.2) is 28.2 Å². The maximum Gasteiger partial charge on any atom is 0.232 e. The van der Waals surface area contributed by atoms with E-state index in [2.05, 4.69) is 20.6 Å². The molecule has 0 fully saturated rings. The number of aliphatic hydroxyl groups excluding tert-OH is 1. The minimum absolute atomic E-state index is 0.00140. The number of nitrogens with zero attached hydrogens (tertiary/aromatic N) is 2. The molecule has 0 spiro atoms. The molecule has 0 aromatic carbocycles. The molecule has 0 saturated carbocycles. The topological polar surface area (TPSA) is 87.1 Å². The van der Waals surface area contributed by atoms with Crippen LogP contribution in [0.4, 0.5) is 11.6 Å². The summed E-state index contributed by atoms with van der Waals surface area (Å²) in [5.74, 6) is -0.00140. The molecule has 8 heteroatoms. The van der Waals surface area contributed by atoms with Gasteiger partial charge in [-0.1, -0.05) is 23.2 Å². The number of rotatable bonds is 4. The van der Waals surface area contributed by atoms with Gasteiger partial charge in [-0.15, -0.1) is 0 Å². The molecule has 0 aliphatic carbocycles. The number of amides is 1. The van der Waals surface area contributed by atoms with Crippen LogP contribution in [0.15, 0.2) is 0 Å². The largest absolute Gasteiger partial charge is 0.377 e. The van der Waals surface area contributed by atoms with Gasteiger partial charge in [0.15, 0.2) is 10.3 Å². The standard InChI is InChI=1S/C6H6Cl2N4O2/c7-4-3(9-1-13)5(8)12-6(11-4)10-2-14/h2,9,13H,1H2,(H,10,11,12,14). The number of nitrogens with one attached hydrogen (secondary N) is 2. The summed E-state index contributed by atoms with van der Waals surface area (Å²) in [4.78, 5) is 17.5. The van der Waals surface area contributed by atoms with E-state index in [0.29, 0.717) is 6.41 Å². The Morgan fingerprint density at radius 1 is 1.36 bits per heavy atom. The highest BCUT2D eigenvalue weighted by molar-refractivity contribution is 6.37. The summed E-state index contributed by atoms with van der Waals surface area (Å²) in [6, 6.07) is 0. The van der Waals surface area contributed by atoms with Gasteiger partial charge in [0, 0.05) is 0 Å². The quantitative estimate of drug-likeness (QED) is 0.408. The summed E-state index contributed by atoms with van der Waals surface area (Å²) in [5.41, 5.74) is 0.215. The van der Waals surface area contributed by atoms with Gasteiger partial charge in [0.25, 0.3) is 0 Å². The second-order valence-electron chi connectivity index (χ2n) is 2.10. The van der Waals surface area contributed by atoms with Crippen molar-refractivity contribution in [1.29, 1.82) is 0 Å². The molecule has 1 aromatic heterocycles. The van der Waals surface area contributed by atoms with E-state index >= 15 is 0 Å². The highest BCUT2D eigenvalue weighted by atomic mass is 35.5. The first-order chi connectivity index (χ1) is 6.69. The summed E-state index contributed by atoms with van der Waals surface area (Å²) < 4.78 is 0. The van der Waals surface area contributed by atoms with E-state index in [4.69, 9.17) is 28.3 Å². The van der Waals surface area contributed by atoms with Gasteiger partial charge in [-0.05, 0) is 0 Å². The van der Waals surface area contributed by atoms with Crippen LogP contribution >= 0.6 is 23.2 Å². The molecule has 1 rings (SSSR count). The molecule has 0 atom stereocenters. The lowest BCUT2D eigenvalue weighted by Crippen LogP contribution is -2.06. The number of carbonyl (C=O) groups is 1. The smallest absolute Gasteiger partial charge is 0.232 e. The fourth-order valence-electron chi connectivity index (χ4n) is 0.750. The van der Waals surface area contributed by atoms with Gasteiger partial charge in [-0.25, -0.2) is 0 Å². The molecule has 0 aliphatic rings. The van der Waals surface area contributed by atoms with E-state index in [-0.39, 0.29) is 28.7 Å². The fourth-order valence-corrected chi connectivity index (χ4v) is 1.27. The van der Waals surface area contributed by atoms with Crippen molar-refractivity contribution < 1.29 is 9.90 Å². The molecule has 14 heavy (non-hydrogen) atoms. The third-order valence-electron chi connectivity index (χ3n) is 1.26. The second kappa shape index (κ2) is 4.94. The molecule has 6 nitrogen and oxygen atoms in total. The van der Waals surface area contributed by atoms with E-state index in [9.17, 15) is 4.79 Å². The maximum absolute atomic E-state index is 10.1. The van der Waals surface area contributed by atoms with Gasteiger partial charge in [0.05, 0.1) is 0 Å². The van der Waals surface area contributed by atoms with Crippen molar-refractivity contribution in [3.63, 3.8) is 0 Å². The Hall–Kier alpha value is -1.11. The molecule has 76 valence electrons. The predicted octanol–water partition coefficient (Wildman–Crippen LogP) is 0.713.